The Labute approximate surface area is 181 Å². The normalized spacial score (nSPS) is 16.0. The van der Waals surface area contributed by atoms with Crippen LogP contribution in [0.25, 0.3) is 0 Å². The van der Waals surface area contributed by atoms with Crippen molar-refractivity contribution in [2.45, 2.75) is 17.9 Å². The maximum atomic E-state index is 13.3. The van der Waals surface area contributed by atoms with Crippen LogP contribution in [0.3, 0.4) is 0 Å². The van der Waals surface area contributed by atoms with Gasteiger partial charge < -0.3 is 20.3 Å². The highest BCUT2D eigenvalue weighted by Crippen LogP contribution is 2.32. The molecule has 1 unspecified atom stereocenters. The number of halogens is 1. The number of rotatable bonds is 5. The Hall–Kier alpha value is -2.22. The van der Waals surface area contributed by atoms with Gasteiger partial charge in [0.15, 0.2) is 0 Å². The molecule has 2 amide bonds. The van der Waals surface area contributed by atoms with E-state index in [0.717, 1.165) is 28.4 Å². The molecule has 0 radical (unpaired) electrons. The highest BCUT2D eigenvalue weighted by Gasteiger charge is 2.30. The number of nitrogens with zero attached hydrogens (tertiary/aromatic N) is 1. The summed E-state index contributed by atoms with van der Waals surface area (Å²) in [6.45, 7) is 3.51. The number of carbonyl (C=O) groups is 2. The van der Waals surface area contributed by atoms with Crippen LogP contribution in [0.1, 0.15) is 28.9 Å². The third-order valence-electron chi connectivity index (χ3n) is 4.76. The molecule has 1 heterocycles. The number of carbonyl (C=O) groups excluding carboxylic acids is 2. The fourth-order valence-corrected chi connectivity index (χ4v) is 4.03. The second-order valence-electron chi connectivity index (χ2n) is 6.56. The summed E-state index contributed by atoms with van der Waals surface area (Å²) in [5.41, 5.74) is 2.32. The van der Waals surface area contributed by atoms with Gasteiger partial charge in [-0.15, -0.1) is 24.2 Å². The topological polar surface area (TPSA) is 70.7 Å². The monoisotopic (exact) mass is 435 g/mol. The first-order chi connectivity index (χ1) is 13.5. The summed E-state index contributed by atoms with van der Waals surface area (Å²) in [6, 6.07) is 13.1. The number of benzene rings is 2. The predicted molar refractivity (Wildman–Crippen MR) is 119 cm³/mol. The van der Waals surface area contributed by atoms with E-state index in [0.29, 0.717) is 18.7 Å². The lowest BCUT2D eigenvalue weighted by molar-refractivity contribution is -0.114. The first-order valence-electron chi connectivity index (χ1n) is 9.15. The summed E-state index contributed by atoms with van der Waals surface area (Å²) in [4.78, 5) is 27.5. The second kappa shape index (κ2) is 10.5. The molecule has 8 heteroatoms. The number of hydrogen-bond donors (Lipinski definition) is 2. The number of amides is 2. The fourth-order valence-electron chi connectivity index (χ4n) is 3.45. The van der Waals surface area contributed by atoms with Crippen molar-refractivity contribution in [3.05, 3.63) is 53.6 Å². The van der Waals surface area contributed by atoms with E-state index in [2.05, 4.69) is 10.6 Å². The van der Waals surface area contributed by atoms with Crippen LogP contribution in [-0.4, -0.2) is 49.7 Å². The van der Waals surface area contributed by atoms with Crippen LogP contribution in [0.5, 0.6) is 5.75 Å². The molecule has 1 saturated heterocycles. The van der Waals surface area contributed by atoms with Crippen molar-refractivity contribution in [2.75, 3.05) is 38.3 Å². The van der Waals surface area contributed by atoms with Crippen molar-refractivity contribution < 1.29 is 14.3 Å². The number of ether oxygens (including phenoxy) is 1. The van der Waals surface area contributed by atoms with Crippen molar-refractivity contribution in [1.29, 1.82) is 0 Å². The van der Waals surface area contributed by atoms with E-state index in [1.54, 1.807) is 19.2 Å². The minimum Gasteiger partial charge on any atom is -0.496 e. The lowest BCUT2D eigenvalue weighted by Crippen LogP contribution is -2.48. The summed E-state index contributed by atoms with van der Waals surface area (Å²) in [6.07, 6.45) is 1.93. The van der Waals surface area contributed by atoms with E-state index in [4.69, 9.17) is 4.74 Å². The van der Waals surface area contributed by atoms with Crippen LogP contribution >= 0.6 is 24.2 Å². The first-order valence-corrected chi connectivity index (χ1v) is 10.4. The van der Waals surface area contributed by atoms with Gasteiger partial charge in [0.1, 0.15) is 5.75 Å². The molecular formula is C21H26ClN3O3S. The average Bonchev–Trinajstić information content (AvgIpc) is 2.73. The van der Waals surface area contributed by atoms with Gasteiger partial charge in [-0.3, -0.25) is 9.59 Å². The Morgan fingerprint density at radius 2 is 2.00 bits per heavy atom. The Bertz CT molecular complexity index is 878. The van der Waals surface area contributed by atoms with Crippen LogP contribution < -0.4 is 15.4 Å². The zero-order chi connectivity index (χ0) is 20.1. The molecule has 1 atom stereocenters. The third kappa shape index (κ3) is 5.23. The van der Waals surface area contributed by atoms with Crippen LogP contribution in [0.2, 0.25) is 0 Å². The number of anilines is 1. The van der Waals surface area contributed by atoms with Crippen molar-refractivity contribution >= 4 is 41.7 Å². The largest absolute Gasteiger partial charge is 0.496 e. The van der Waals surface area contributed by atoms with Gasteiger partial charge in [-0.1, -0.05) is 18.2 Å². The number of piperazine rings is 1. The highest BCUT2D eigenvalue weighted by atomic mass is 35.5. The molecule has 2 aromatic carbocycles. The summed E-state index contributed by atoms with van der Waals surface area (Å²) >= 11 is 1.50. The van der Waals surface area contributed by atoms with Crippen LogP contribution in [0.15, 0.2) is 47.4 Å². The number of hydrogen-bond acceptors (Lipinski definition) is 5. The molecule has 1 aliphatic rings. The zero-order valence-corrected chi connectivity index (χ0v) is 18.4. The molecule has 0 aliphatic carbocycles. The molecule has 156 valence electrons. The average molecular weight is 436 g/mol. The van der Waals surface area contributed by atoms with Crippen molar-refractivity contribution in [3.8, 4) is 5.75 Å². The molecule has 0 bridgehead atoms. The summed E-state index contributed by atoms with van der Waals surface area (Å²) < 4.78 is 5.51. The Morgan fingerprint density at radius 3 is 2.69 bits per heavy atom. The number of thioether (sulfide) groups is 1. The van der Waals surface area contributed by atoms with Gasteiger partial charge in [-0.2, -0.15) is 0 Å². The van der Waals surface area contributed by atoms with Gasteiger partial charge in [0, 0.05) is 42.6 Å². The van der Waals surface area contributed by atoms with Crippen LogP contribution in [0, 0.1) is 0 Å². The van der Waals surface area contributed by atoms with E-state index >= 15 is 0 Å². The van der Waals surface area contributed by atoms with Crippen LogP contribution in [-0.2, 0) is 4.79 Å². The fraction of sp³-hybridized carbons (Fsp3) is 0.333. The number of para-hydroxylation sites is 1. The minimum atomic E-state index is -0.132. The van der Waals surface area contributed by atoms with Crippen molar-refractivity contribution in [3.63, 3.8) is 0 Å². The zero-order valence-electron chi connectivity index (χ0n) is 16.7. The van der Waals surface area contributed by atoms with E-state index in [-0.39, 0.29) is 30.3 Å². The minimum absolute atomic E-state index is 0. The van der Waals surface area contributed by atoms with E-state index in [9.17, 15) is 9.59 Å². The molecule has 1 aliphatic heterocycles. The lowest BCUT2D eigenvalue weighted by atomic mass is 10.0. The maximum Gasteiger partial charge on any atom is 0.254 e. The van der Waals surface area contributed by atoms with Gasteiger partial charge >= 0.3 is 0 Å². The molecule has 6 nitrogen and oxygen atoms in total. The van der Waals surface area contributed by atoms with E-state index < -0.39 is 0 Å². The van der Waals surface area contributed by atoms with Gasteiger partial charge in [-0.25, -0.2) is 0 Å². The maximum absolute atomic E-state index is 13.3. The summed E-state index contributed by atoms with van der Waals surface area (Å²) in [5.74, 6) is 0.620. The number of methoxy groups -OCH3 is 1. The van der Waals surface area contributed by atoms with E-state index in [1.165, 1.54) is 18.7 Å². The van der Waals surface area contributed by atoms with E-state index in [1.807, 2.05) is 41.5 Å². The van der Waals surface area contributed by atoms with Crippen molar-refractivity contribution in [1.82, 2.24) is 10.2 Å². The molecule has 0 saturated carbocycles. The Morgan fingerprint density at radius 1 is 1.24 bits per heavy atom. The smallest absolute Gasteiger partial charge is 0.254 e. The van der Waals surface area contributed by atoms with Gasteiger partial charge in [0.25, 0.3) is 5.91 Å². The van der Waals surface area contributed by atoms with Crippen LogP contribution in [0.4, 0.5) is 5.69 Å². The number of nitrogens with one attached hydrogen (secondary N) is 2. The third-order valence-corrected chi connectivity index (χ3v) is 5.54. The molecule has 29 heavy (non-hydrogen) atoms. The highest BCUT2D eigenvalue weighted by molar-refractivity contribution is 7.98. The lowest BCUT2D eigenvalue weighted by Gasteiger charge is -2.37. The molecule has 0 spiro atoms. The predicted octanol–water partition coefficient (Wildman–Crippen LogP) is 3.58. The molecular weight excluding hydrogens is 410 g/mol. The quantitative estimate of drug-likeness (QED) is 0.702. The SMILES string of the molecule is COc1ccccc1C1CNCCN1C(=O)c1ccc(NC(C)=O)c(SC)c1.Cl. The molecule has 2 N–H and O–H groups in total. The van der Waals surface area contributed by atoms with Gasteiger partial charge in [0.05, 0.1) is 18.8 Å². The van der Waals surface area contributed by atoms with Crippen molar-refractivity contribution in [2.24, 2.45) is 0 Å². The summed E-state index contributed by atoms with van der Waals surface area (Å²) in [7, 11) is 1.65. The Kier molecular flexibility index (Phi) is 8.37. The Balaban J connectivity index is 0.00000300. The molecule has 3 rings (SSSR count). The standard InChI is InChI=1S/C21H25N3O3S.ClH/c1-14(25)23-17-9-8-15(12-20(17)28-3)21(26)24-11-10-22-13-18(24)16-6-4-5-7-19(16)27-2;/h4-9,12,18,22H,10-11,13H2,1-3H3,(H,23,25);1H. The summed E-state index contributed by atoms with van der Waals surface area (Å²) in [5, 5.41) is 6.18. The molecule has 2 aromatic rings. The van der Waals surface area contributed by atoms with Gasteiger partial charge in [0.2, 0.25) is 5.91 Å². The molecule has 0 aromatic heterocycles. The second-order valence-corrected chi connectivity index (χ2v) is 7.40. The molecule has 1 fully saturated rings. The first kappa shape index (κ1) is 23.1. The van der Waals surface area contributed by atoms with Gasteiger partial charge in [-0.05, 0) is 30.5 Å².